The van der Waals surface area contributed by atoms with Crippen LogP contribution in [0.2, 0.25) is 0 Å². The average molecular weight is 397 g/mol. The number of esters is 1. The SMILES string of the molecule is C[C@H](NC(=O)c1ccccc1)C(=O)OCC(=O)N1CCN(c2ncccn2)CC1. The van der Waals surface area contributed by atoms with Crippen LogP contribution >= 0.6 is 0 Å². The minimum atomic E-state index is -0.859. The summed E-state index contributed by atoms with van der Waals surface area (Å²) in [6, 6.07) is 9.46. The first-order valence-electron chi connectivity index (χ1n) is 9.37. The summed E-state index contributed by atoms with van der Waals surface area (Å²) in [7, 11) is 0. The number of benzene rings is 1. The van der Waals surface area contributed by atoms with Gasteiger partial charge in [-0.25, -0.2) is 14.8 Å². The summed E-state index contributed by atoms with van der Waals surface area (Å²) in [6.45, 7) is 3.36. The second kappa shape index (κ2) is 9.63. The molecule has 2 heterocycles. The molecule has 1 fully saturated rings. The van der Waals surface area contributed by atoms with E-state index in [2.05, 4.69) is 15.3 Å². The van der Waals surface area contributed by atoms with Gasteiger partial charge >= 0.3 is 5.97 Å². The second-order valence-corrected chi connectivity index (χ2v) is 6.59. The van der Waals surface area contributed by atoms with Gasteiger partial charge < -0.3 is 19.9 Å². The fraction of sp³-hybridized carbons (Fsp3) is 0.350. The van der Waals surface area contributed by atoms with E-state index >= 15 is 0 Å². The number of anilines is 1. The molecule has 152 valence electrons. The fourth-order valence-corrected chi connectivity index (χ4v) is 2.89. The number of nitrogens with one attached hydrogen (secondary N) is 1. The molecule has 9 nitrogen and oxygen atoms in total. The van der Waals surface area contributed by atoms with Crippen molar-refractivity contribution >= 4 is 23.7 Å². The van der Waals surface area contributed by atoms with Gasteiger partial charge in [0.2, 0.25) is 5.95 Å². The number of carbonyl (C=O) groups is 3. The molecule has 0 radical (unpaired) electrons. The highest BCUT2D eigenvalue weighted by Gasteiger charge is 2.24. The number of rotatable bonds is 6. The number of amides is 2. The normalized spacial score (nSPS) is 14.8. The van der Waals surface area contributed by atoms with E-state index < -0.39 is 12.0 Å². The Morgan fingerprint density at radius 2 is 1.69 bits per heavy atom. The number of aromatic nitrogens is 2. The molecule has 29 heavy (non-hydrogen) atoms. The number of carbonyl (C=O) groups excluding carboxylic acids is 3. The zero-order chi connectivity index (χ0) is 20.6. The van der Waals surface area contributed by atoms with Crippen molar-refractivity contribution in [2.24, 2.45) is 0 Å². The van der Waals surface area contributed by atoms with E-state index in [1.54, 1.807) is 53.7 Å². The smallest absolute Gasteiger partial charge is 0.328 e. The van der Waals surface area contributed by atoms with Gasteiger partial charge in [0.25, 0.3) is 11.8 Å². The van der Waals surface area contributed by atoms with E-state index in [0.717, 1.165) is 0 Å². The molecule has 1 N–H and O–H groups in total. The molecule has 0 aliphatic carbocycles. The van der Waals surface area contributed by atoms with Gasteiger partial charge in [0.1, 0.15) is 6.04 Å². The lowest BCUT2D eigenvalue weighted by atomic mass is 10.2. The van der Waals surface area contributed by atoms with Crippen molar-refractivity contribution in [2.75, 3.05) is 37.7 Å². The molecule has 1 aliphatic rings. The van der Waals surface area contributed by atoms with E-state index in [4.69, 9.17) is 4.74 Å². The van der Waals surface area contributed by atoms with Gasteiger partial charge in [0.15, 0.2) is 6.61 Å². The van der Waals surface area contributed by atoms with Gasteiger partial charge in [-0.3, -0.25) is 9.59 Å². The predicted octanol–water partition coefficient (Wildman–Crippen LogP) is 0.487. The lowest BCUT2D eigenvalue weighted by molar-refractivity contribution is -0.153. The Kier molecular flexibility index (Phi) is 6.72. The van der Waals surface area contributed by atoms with E-state index in [1.165, 1.54) is 6.92 Å². The molecule has 1 aromatic heterocycles. The maximum atomic E-state index is 12.3. The highest BCUT2D eigenvalue weighted by atomic mass is 16.5. The summed E-state index contributed by atoms with van der Waals surface area (Å²) < 4.78 is 5.08. The predicted molar refractivity (Wildman–Crippen MR) is 105 cm³/mol. The molecule has 2 aromatic rings. The first kappa shape index (κ1) is 20.2. The van der Waals surface area contributed by atoms with Crippen LogP contribution in [0.25, 0.3) is 0 Å². The highest BCUT2D eigenvalue weighted by Crippen LogP contribution is 2.10. The third-order valence-corrected chi connectivity index (χ3v) is 4.54. The van der Waals surface area contributed by atoms with Crippen LogP contribution in [0.5, 0.6) is 0 Å². The Bertz CT molecular complexity index is 838. The second-order valence-electron chi connectivity index (χ2n) is 6.59. The molecular weight excluding hydrogens is 374 g/mol. The topological polar surface area (TPSA) is 105 Å². The summed E-state index contributed by atoms with van der Waals surface area (Å²) in [5, 5.41) is 2.56. The maximum Gasteiger partial charge on any atom is 0.328 e. The number of hydrogen-bond acceptors (Lipinski definition) is 7. The molecule has 1 atom stereocenters. The van der Waals surface area contributed by atoms with Crippen LogP contribution in [0, 0.1) is 0 Å². The van der Waals surface area contributed by atoms with E-state index in [1.807, 2.05) is 4.90 Å². The molecule has 9 heteroatoms. The Morgan fingerprint density at radius 3 is 2.34 bits per heavy atom. The molecule has 0 bridgehead atoms. The number of piperazine rings is 1. The van der Waals surface area contributed by atoms with Gasteiger partial charge in [-0.05, 0) is 25.1 Å². The third kappa shape index (κ3) is 5.50. The quantitative estimate of drug-likeness (QED) is 0.707. The van der Waals surface area contributed by atoms with Crippen LogP contribution in [0.1, 0.15) is 17.3 Å². The standard InChI is InChI=1S/C20H23N5O4/c1-15(23-18(27)16-6-3-2-4-7-16)19(28)29-14-17(26)24-10-12-25(13-11-24)20-21-8-5-9-22-20/h2-9,15H,10-14H2,1H3,(H,23,27)/t15-/m0/s1. The van der Waals surface area contributed by atoms with Crippen molar-refractivity contribution in [1.29, 1.82) is 0 Å². The Labute approximate surface area is 168 Å². The molecule has 2 amide bonds. The Hall–Kier alpha value is -3.49. The molecule has 1 saturated heterocycles. The average Bonchev–Trinajstić information content (AvgIpc) is 2.78. The van der Waals surface area contributed by atoms with Gasteiger partial charge in [-0.2, -0.15) is 0 Å². The van der Waals surface area contributed by atoms with Crippen LogP contribution in [0.15, 0.2) is 48.8 Å². The summed E-state index contributed by atoms with van der Waals surface area (Å²) >= 11 is 0. The summed E-state index contributed by atoms with van der Waals surface area (Å²) in [5.41, 5.74) is 0.448. The minimum Gasteiger partial charge on any atom is -0.454 e. The van der Waals surface area contributed by atoms with E-state index in [-0.39, 0.29) is 18.4 Å². The molecule has 0 saturated carbocycles. The molecule has 3 rings (SSSR count). The first-order valence-corrected chi connectivity index (χ1v) is 9.37. The fourth-order valence-electron chi connectivity index (χ4n) is 2.89. The number of ether oxygens (including phenoxy) is 1. The van der Waals surface area contributed by atoms with E-state index in [9.17, 15) is 14.4 Å². The van der Waals surface area contributed by atoms with Gasteiger partial charge in [0, 0.05) is 44.1 Å². The third-order valence-electron chi connectivity index (χ3n) is 4.54. The van der Waals surface area contributed by atoms with Gasteiger partial charge in [0.05, 0.1) is 0 Å². The first-order chi connectivity index (χ1) is 14.0. The summed E-state index contributed by atoms with van der Waals surface area (Å²) in [5.74, 6) is -0.665. The van der Waals surface area contributed by atoms with Crippen LogP contribution < -0.4 is 10.2 Å². The van der Waals surface area contributed by atoms with Crippen LogP contribution in [-0.4, -0.2) is 71.5 Å². The lowest BCUT2D eigenvalue weighted by Gasteiger charge is -2.34. The van der Waals surface area contributed by atoms with Crippen molar-refractivity contribution in [1.82, 2.24) is 20.2 Å². The van der Waals surface area contributed by atoms with Crippen molar-refractivity contribution in [3.63, 3.8) is 0 Å². The molecule has 0 unspecified atom stereocenters. The zero-order valence-corrected chi connectivity index (χ0v) is 16.2. The largest absolute Gasteiger partial charge is 0.454 e. The van der Waals surface area contributed by atoms with E-state index in [0.29, 0.717) is 37.7 Å². The summed E-state index contributed by atoms with van der Waals surface area (Å²) in [6.07, 6.45) is 3.36. The zero-order valence-electron chi connectivity index (χ0n) is 16.2. The van der Waals surface area contributed by atoms with Crippen molar-refractivity contribution in [2.45, 2.75) is 13.0 Å². The minimum absolute atomic E-state index is 0.270. The number of hydrogen-bond donors (Lipinski definition) is 1. The molecule has 0 spiro atoms. The van der Waals surface area contributed by atoms with Gasteiger partial charge in [-0.15, -0.1) is 0 Å². The maximum absolute atomic E-state index is 12.3. The molecule has 1 aromatic carbocycles. The van der Waals surface area contributed by atoms with Crippen LogP contribution in [0.3, 0.4) is 0 Å². The van der Waals surface area contributed by atoms with Crippen LogP contribution in [0.4, 0.5) is 5.95 Å². The Morgan fingerprint density at radius 1 is 1.03 bits per heavy atom. The molecular formula is C20H23N5O4. The van der Waals surface area contributed by atoms with Gasteiger partial charge in [-0.1, -0.05) is 18.2 Å². The summed E-state index contributed by atoms with van der Waals surface area (Å²) in [4.78, 5) is 48.6. The molecule has 1 aliphatic heterocycles. The highest BCUT2D eigenvalue weighted by molar-refractivity contribution is 5.96. The van der Waals surface area contributed by atoms with Crippen molar-refractivity contribution < 1.29 is 19.1 Å². The monoisotopic (exact) mass is 397 g/mol. The van der Waals surface area contributed by atoms with Crippen molar-refractivity contribution in [3.8, 4) is 0 Å². The Balaban J connectivity index is 1.41. The van der Waals surface area contributed by atoms with Crippen molar-refractivity contribution in [3.05, 3.63) is 54.4 Å². The number of nitrogens with zero attached hydrogens (tertiary/aromatic N) is 4. The lowest BCUT2D eigenvalue weighted by Crippen LogP contribution is -2.50. The van der Waals surface area contributed by atoms with Crippen LogP contribution in [-0.2, 0) is 14.3 Å².